The van der Waals surface area contributed by atoms with Crippen LogP contribution in [0.25, 0.3) is 0 Å². The van der Waals surface area contributed by atoms with Gasteiger partial charge in [0.2, 0.25) is 0 Å². The van der Waals surface area contributed by atoms with E-state index >= 15 is 0 Å². The Kier molecular flexibility index (Phi) is 2.14. The molecule has 0 radical (unpaired) electrons. The van der Waals surface area contributed by atoms with Gasteiger partial charge in [-0.1, -0.05) is 6.07 Å². The van der Waals surface area contributed by atoms with Gasteiger partial charge in [0.25, 0.3) is 0 Å². The van der Waals surface area contributed by atoms with Gasteiger partial charge in [-0.2, -0.15) is 5.26 Å². The third-order valence-corrected chi connectivity index (χ3v) is 2.71. The zero-order chi connectivity index (χ0) is 10.1. The molecule has 1 aliphatic heterocycles. The van der Waals surface area contributed by atoms with E-state index in [-0.39, 0.29) is 6.04 Å². The standard InChI is InChI=1S/C11H13N3/c1-8(5-12)14-6-9-2-3-11(13)4-10(9)7-14/h2-4,8H,6-7,13H2,1H3. The van der Waals surface area contributed by atoms with E-state index in [9.17, 15) is 0 Å². The van der Waals surface area contributed by atoms with Gasteiger partial charge in [-0.25, -0.2) is 0 Å². The fourth-order valence-electron chi connectivity index (χ4n) is 1.80. The smallest absolute Gasteiger partial charge is 0.0955 e. The van der Waals surface area contributed by atoms with Crippen LogP contribution in [0.2, 0.25) is 0 Å². The van der Waals surface area contributed by atoms with Gasteiger partial charge in [-0.3, -0.25) is 4.90 Å². The Morgan fingerprint density at radius 1 is 1.43 bits per heavy atom. The Hall–Kier alpha value is -1.53. The van der Waals surface area contributed by atoms with Crippen LogP contribution < -0.4 is 5.73 Å². The molecule has 1 atom stereocenters. The van der Waals surface area contributed by atoms with Crippen molar-refractivity contribution in [2.45, 2.75) is 26.1 Å². The molecule has 0 bridgehead atoms. The number of hydrogen-bond donors (Lipinski definition) is 1. The number of nitriles is 1. The van der Waals surface area contributed by atoms with Crippen LogP contribution in [0, 0.1) is 11.3 Å². The first-order chi connectivity index (χ1) is 6.70. The first-order valence-corrected chi connectivity index (χ1v) is 4.71. The molecule has 2 rings (SSSR count). The first kappa shape index (κ1) is 9.04. The number of rotatable bonds is 1. The molecule has 1 aromatic rings. The summed E-state index contributed by atoms with van der Waals surface area (Å²) in [5, 5.41) is 8.81. The fourth-order valence-corrected chi connectivity index (χ4v) is 1.80. The topological polar surface area (TPSA) is 53.0 Å². The quantitative estimate of drug-likeness (QED) is 0.678. The van der Waals surface area contributed by atoms with Crippen LogP contribution in [0.15, 0.2) is 18.2 Å². The summed E-state index contributed by atoms with van der Waals surface area (Å²) in [5.74, 6) is 0. The normalized spacial score (nSPS) is 17.4. The molecule has 0 saturated heterocycles. The van der Waals surface area contributed by atoms with Crippen molar-refractivity contribution in [2.24, 2.45) is 0 Å². The van der Waals surface area contributed by atoms with Crippen molar-refractivity contribution in [3.05, 3.63) is 29.3 Å². The third-order valence-electron chi connectivity index (χ3n) is 2.71. The second kappa shape index (κ2) is 3.32. The Labute approximate surface area is 83.7 Å². The van der Waals surface area contributed by atoms with Crippen molar-refractivity contribution in [3.63, 3.8) is 0 Å². The highest BCUT2D eigenvalue weighted by Gasteiger charge is 2.22. The molecule has 0 aliphatic carbocycles. The number of hydrogen-bond acceptors (Lipinski definition) is 3. The van der Waals surface area contributed by atoms with E-state index in [2.05, 4.69) is 17.0 Å². The summed E-state index contributed by atoms with van der Waals surface area (Å²) < 4.78 is 0. The maximum atomic E-state index is 8.81. The molecule has 3 heteroatoms. The molecule has 3 nitrogen and oxygen atoms in total. The van der Waals surface area contributed by atoms with E-state index < -0.39 is 0 Å². The summed E-state index contributed by atoms with van der Waals surface area (Å²) in [6.07, 6.45) is 0. The van der Waals surface area contributed by atoms with Crippen molar-refractivity contribution in [1.29, 1.82) is 5.26 Å². The molecule has 1 heterocycles. The Morgan fingerprint density at radius 3 is 2.86 bits per heavy atom. The number of nitrogen functional groups attached to an aromatic ring is 1. The molecule has 2 N–H and O–H groups in total. The lowest BCUT2D eigenvalue weighted by Crippen LogP contribution is -2.25. The van der Waals surface area contributed by atoms with E-state index in [1.807, 2.05) is 19.1 Å². The minimum Gasteiger partial charge on any atom is -0.399 e. The van der Waals surface area contributed by atoms with E-state index in [1.54, 1.807) is 0 Å². The van der Waals surface area contributed by atoms with Crippen LogP contribution in [0.5, 0.6) is 0 Å². The number of nitrogens with zero attached hydrogens (tertiary/aromatic N) is 2. The van der Waals surface area contributed by atoms with Crippen molar-refractivity contribution in [1.82, 2.24) is 4.90 Å². The Morgan fingerprint density at radius 2 is 2.14 bits per heavy atom. The number of benzene rings is 1. The van der Waals surface area contributed by atoms with E-state index in [1.165, 1.54) is 11.1 Å². The lowest BCUT2D eigenvalue weighted by atomic mass is 10.1. The maximum Gasteiger partial charge on any atom is 0.0955 e. The highest BCUT2D eigenvalue weighted by Crippen LogP contribution is 2.25. The minimum atomic E-state index is -0.0244. The van der Waals surface area contributed by atoms with Crippen molar-refractivity contribution >= 4 is 5.69 Å². The van der Waals surface area contributed by atoms with Crippen molar-refractivity contribution in [2.75, 3.05) is 5.73 Å². The van der Waals surface area contributed by atoms with Crippen LogP contribution in [0.1, 0.15) is 18.1 Å². The van der Waals surface area contributed by atoms with Gasteiger partial charge < -0.3 is 5.73 Å². The average Bonchev–Trinajstić information content (AvgIpc) is 2.59. The van der Waals surface area contributed by atoms with Crippen LogP contribution in [-0.4, -0.2) is 10.9 Å². The summed E-state index contributed by atoms with van der Waals surface area (Å²) in [6.45, 7) is 3.63. The summed E-state index contributed by atoms with van der Waals surface area (Å²) in [4.78, 5) is 2.14. The summed E-state index contributed by atoms with van der Waals surface area (Å²) >= 11 is 0. The van der Waals surface area contributed by atoms with Crippen LogP contribution >= 0.6 is 0 Å². The first-order valence-electron chi connectivity index (χ1n) is 4.71. The predicted octanol–water partition coefficient (Wildman–Crippen LogP) is 1.50. The molecule has 1 unspecified atom stereocenters. The number of nitrogens with two attached hydrogens (primary N) is 1. The second-order valence-corrected chi connectivity index (χ2v) is 3.74. The van der Waals surface area contributed by atoms with E-state index in [0.29, 0.717) is 0 Å². The van der Waals surface area contributed by atoms with Crippen LogP contribution in [0.3, 0.4) is 0 Å². The summed E-state index contributed by atoms with van der Waals surface area (Å²) in [7, 11) is 0. The Balaban J connectivity index is 2.23. The van der Waals surface area contributed by atoms with Gasteiger partial charge in [0.15, 0.2) is 0 Å². The SMILES string of the molecule is CC(C#N)N1Cc2ccc(N)cc2C1. The van der Waals surface area contributed by atoms with Crippen molar-refractivity contribution < 1.29 is 0 Å². The molecular weight excluding hydrogens is 174 g/mol. The van der Waals surface area contributed by atoms with Crippen LogP contribution in [0.4, 0.5) is 5.69 Å². The maximum absolute atomic E-state index is 8.81. The highest BCUT2D eigenvalue weighted by molar-refractivity contribution is 5.46. The third kappa shape index (κ3) is 1.45. The zero-order valence-corrected chi connectivity index (χ0v) is 8.20. The molecule has 1 aromatic carbocycles. The number of fused-ring (bicyclic) bond motifs is 1. The van der Waals surface area contributed by atoms with Gasteiger partial charge in [0, 0.05) is 18.8 Å². The van der Waals surface area contributed by atoms with Gasteiger partial charge in [-0.15, -0.1) is 0 Å². The molecule has 0 fully saturated rings. The van der Waals surface area contributed by atoms with Gasteiger partial charge in [-0.05, 0) is 30.2 Å². The van der Waals surface area contributed by atoms with Crippen molar-refractivity contribution in [3.8, 4) is 6.07 Å². The predicted molar refractivity (Wildman–Crippen MR) is 55.2 cm³/mol. The zero-order valence-electron chi connectivity index (χ0n) is 8.20. The average molecular weight is 187 g/mol. The Bertz CT molecular complexity index is 392. The van der Waals surface area contributed by atoms with E-state index in [0.717, 1.165) is 18.8 Å². The number of anilines is 1. The lowest BCUT2D eigenvalue weighted by molar-refractivity contribution is 0.253. The minimum absolute atomic E-state index is 0.0244. The molecule has 0 spiro atoms. The molecule has 0 saturated carbocycles. The van der Waals surface area contributed by atoms with Gasteiger partial charge >= 0.3 is 0 Å². The molecule has 0 amide bonds. The van der Waals surface area contributed by atoms with Crippen LogP contribution in [-0.2, 0) is 13.1 Å². The second-order valence-electron chi connectivity index (χ2n) is 3.74. The van der Waals surface area contributed by atoms with Gasteiger partial charge in [0.05, 0.1) is 12.1 Å². The summed E-state index contributed by atoms with van der Waals surface area (Å²) in [5.41, 5.74) is 9.05. The lowest BCUT2D eigenvalue weighted by Gasteiger charge is -2.16. The molecule has 0 aromatic heterocycles. The molecule has 1 aliphatic rings. The summed E-state index contributed by atoms with van der Waals surface area (Å²) in [6, 6.07) is 8.19. The van der Waals surface area contributed by atoms with E-state index in [4.69, 9.17) is 11.0 Å². The monoisotopic (exact) mass is 187 g/mol. The molecular formula is C11H13N3. The fraction of sp³-hybridized carbons (Fsp3) is 0.364. The largest absolute Gasteiger partial charge is 0.399 e. The van der Waals surface area contributed by atoms with Gasteiger partial charge in [0.1, 0.15) is 0 Å². The molecule has 14 heavy (non-hydrogen) atoms. The molecule has 72 valence electrons. The highest BCUT2D eigenvalue weighted by atomic mass is 15.2.